The van der Waals surface area contributed by atoms with E-state index in [1.54, 1.807) is 0 Å². The highest BCUT2D eigenvalue weighted by Crippen LogP contribution is 2.57. The van der Waals surface area contributed by atoms with Crippen molar-refractivity contribution in [1.29, 1.82) is 0 Å². The molecule has 0 bridgehead atoms. The van der Waals surface area contributed by atoms with E-state index in [1.165, 1.54) is 88.3 Å². The molecule has 0 nitrogen and oxygen atoms in total. The maximum atomic E-state index is 2.43. The van der Waals surface area contributed by atoms with Crippen LogP contribution < -0.4 is 0 Å². The summed E-state index contributed by atoms with van der Waals surface area (Å²) in [5.74, 6) is 0. The van der Waals surface area contributed by atoms with Gasteiger partial charge in [-0.1, -0.05) is 170 Å². The number of hydrogen-bond donors (Lipinski definition) is 0. The molecule has 0 unspecified atom stereocenters. The van der Waals surface area contributed by atoms with E-state index < -0.39 is 5.41 Å². The molecular formula is C48H32. The quantitative estimate of drug-likeness (QED) is 0.183. The predicted octanol–water partition coefficient (Wildman–Crippen LogP) is 11.6. The first kappa shape index (κ1) is 27.2. The fraction of sp³-hybridized carbons (Fsp3) is 0.0417. The van der Waals surface area contributed by atoms with E-state index in [-0.39, 0.29) is 0 Å². The van der Waals surface area contributed by atoms with Gasteiger partial charge in [0.05, 0.1) is 5.41 Å². The van der Waals surface area contributed by atoms with Crippen LogP contribution in [0.15, 0.2) is 182 Å². The second-order valence-corrected chi connectivity index (χ2v) is 13.2. The van der Waals surface area contributed by atoms with Gasteiger partial charge in [-0.05, 0) is 107 Å². The molecule has 10 rings (SSSR count). The minimum atomic E-state index is -0.543. The fourth-order valence-corrected chi connectivity index (χ4v) is 8.71. The first-order valence-corrected chi connectivity index (χ1v) is 16.9. The summed E-state index contributed by atoms with van der Waals surface area (Å²) in [6.07, 6.45) is 0.949. The molecule has 0 spiro atoms. The molecule has 0 fully saturated rings. The third-order valence-electron chi connectivity index (χ3n) is 10.8. The Morgan fingerprint density at radius 3 is 1.19 bits per heavy atom. The molecule has 0 amide bonds. The van der Waals surface area contributed by atoms with Gasteiger partial charge in [0.2, 0.25) is 0 Å². The molecule has 2 aliphatic carbocycles. The molecular weight excluding hydrogens is 577 g/mol. The summed E-state index contributed by atoms with van der Waals surface area (Å²) in [5, 5.41) is 5.02. The van der Waals surface area contributed by atoms with Gasteiger partial charge in [-0.15, -0.1) is 0 Å². The predicted molar refractivity (Wildman–Crippen MR) is 200 cm³/mol. The minimum absolute atomic E-state index is 0.543. The number of fused-ring (bicyclic) bond motifs is 6. The van der Waals surface area contributed by atoms with E-state index in [0.29, 0.717) is 0 Å². The number of hydrogen-bond acceptors (Lipinski definition) is 0. The van der Waals surface area contributed by atoms with Crippen LogP contribution in [0.4, 0.5) is 0 Å². The van der Waals surface area contributed by atoms with Crippen LogP contribution >= 0.6 is 0 Å². The van der Waals surface area contributed by atoms with Gasteiger partial charge in [0, 0.05) is 0 Å². The van der Waals surface area contributed by atoms with Crippen molar-refractivity contribution in [2.24, 2.45) is 0 Å². The van der Waals surface area contributed by atoms with E-state index in [2.05, 4.69) is 182 Å². The maximum Gasteiger partial charge on any atom is 0.0714 e. The van der Waals surface area contributed by atoms with Crippen molar-refractivity contribution in [1.82, 2.24) is 0 Å². The largest absolute Gasteiger partial charge is 0.0714 e. The average molecular weight is 609 g/mol. The standard InChI is InChI=1S/C48H32/c1-3-15-34-30-38(27-25-32(34)13-1)48(39-28-26-33-14-2-4-16-35(33)31-39)44-23-11-9-21-42(44)47(43-22-10-12-24-45(43)48)46-40-19-7-5-17-36(40)29-37-18-6-8-20-41(37)46/h1-28,30-31H,29H2. The lowest BCUT2D eigenvalue weighted by Gasteiger charge is -2.44. The smallest absolute Gasteiger partial charge is 0.0619 e. The maximum absolute atomic E-state index is 2.43. The van der Waals surface area contributed by atoms with Gasteiger partial charge < -0.3 is 0 Å². The Balaban J connectivity index is 1.39. The molecule has 0 radical (unpaired) electrons. The van der Waals surface area contributed by atoms with Gasteiger partial charge >= 0.3 is 0 Å². The summed E-state index contributed by atoms with van der Waals surface area (Å²) in [4.78, 5) is 0. The molecule has 8 aromatic rings. The molecule has 2 aliphatic rings. The molecule has 0 heterocycles. The third kappa shape index (κ3) is 3.84. The molecule has 8 aromatic carbocycles. The summed E-state index contributed by atoms with van der Waals surface area (Å²) in [6, 6.07) is 68.1. The van der Waals surface area contributed by atoms with Crippen molar-refractivity contribution in [2.45, 2.75) is 11.8 Å². The average Bonchev–Trinajstić information content (AvgIpc) is 3.16. The minimum Gasteiger partial charge on any atom is -0.0619 e. The van der Waals surface area contributed by atoms with E-state index in [1.807, 2.05) is 0 Å². The molecule has 0 atom stereocenters. The Morgan fingerprint density at radius 2 is 0.688 bits per heavy atom. The van der Waals surface area contributed by atoms with Crippen LogP contribution in [-0.2, 0) is 11.8 Å². The van der Waals surface area contributed by atoms with Gasteiger partial charge in [-0.3, -0.25) is 0 Å². The van der Waals surface area contributed by atoms with E-state index >= 15 is 0 Å². The molecule has 0 heteroatoms. The Hall–Kier alpha value is -5.98. The number of benzene rings is 8. The normalized spacial score (nSPS) is 14.2. The van der Waals surface area contributed by atoms with Crippen LogP contribution in [-0.4, -0.2) is 0 Å². The van der Waals surface area contributed by atoms with Gasteiger partial charge in [0.1, 0.15) is 0 Å². The molecule has 48 heavy (non-hydrogen) atoms. The first-order chi connectivity index (χ1) is 23.8. The number of rotatable bonds is 2. The Labute approximate surface area is 281 Å². The van der Waals surface area contributed by atoms with Gasteiger partial charge in [-0.2, -0.15) is 0 Å². The van der Waals surface area contributed by atoms with Crippen molar-refractivity contribution >= 4 is 32.7 Å². The van der Waals surface area contributed by atoms with E-state index in [4.69, 9.17) is 0 Å². The van der Waals surface area contributed by atoms with Crippen LogP contribution in [0.25, 0.3) is 32.7 Å². The highest BCUT2D eigenvalue weighted by Gasteiger charge is 2.46. The first-order valence-electron chi connectivity index (χ1n) is 16.9. The molecule has 0 saturated heterocycles. The van der Waals surface area contributed by atoms with Crippen LogP contribution in [0.1, 0.15) is 55.6 Å². The zero-order valence-corrected chi connectivity index (χ0v) is 26.5. The zero-order valence-electron chi connectivity index (χ0n) is 26.5. The molecule has 0 aliphatic heterocycles. The van der Waals surface area contributed by atoms with Crippen molar-refractivity contribution < 1.29 is 0 Å². The molecule has 0 aromatic heterocycles. The van der Waals surface area contributed by atoms with E-state index in [0.717, 1.165) is 6.42 Å². The summed E-state index contributed by atoms with van der Waals surface area (Å²) in [7, 11) is 0. The summed E-state index contributed by atoms with van der Waals surface area (Å²) < 4.78 is 0. The second-order valence-electron chi connectivity index (χ2n) is 13.2. The lowest BCUT2D eigenvalue weighted by molar-refractivity contribution is 0.734. The van der Waals surface area contributed by atoms with Crippen molar-refractivity contribution in [3.05, 3.63) is 238 Å². The van der Waals surface area contributed by atoms with Gasteiger partial charge in [0.25, 0.3) is 0 Å². The second kappa shape index (κ2) is 10.5. The zero-order chi connectivity index (χ0) is 31.7. The molecule has 0 saturated carbocycles. The fourth-order valence-electron chi connectivity index (χ4n) is 8.71. The van der Waals surface area contributed by atoms with Crippen LogP contribution in [0.5, 0.6) is 0 Å². The lowest BCUT2D eigenvalue weighted by Crippen LogP contribution is -2.36. The molecule has 0 N–H and O–H groups in total. The van der Waals surface area contributed by atoms with Crippen molar-refractivity contribution in [3.63, 3.8) is 0 Å². The highest BCUT2D eigenvalue weighted by molar-refractivity contribution is 6.09. The SMILES string of the molecule is c1ccc2c(c1)Cc1ccccc1C2=C1c2ccccc2C(c2ccc3ccccc3c2)(c2ccc3ccccc3c2)c2ccccc21. The van der Waals surface area contributed by atoms with Gasteiger partial charge in [-0.25, -0.2) is 0 Å². The monoisotopic (exact) mass is 608 g/mol. The Kier molecular flexibility index (Phi) is 5.95. The molecule has 224 valence electrons. The summed E-state index contributed by atoms with van der Waals surface area (Å²) in [5.41, 5.74) is 15.3. The Morgan fingerprint density at radius 1 is 0.312 bits per heavy atom. The Bertz CT molecular complexity index is 2420. The summed E-state index contributed by atoms with van der Waals surface area (Å²) in [6.45, 7) is 0. The van der Waals surface area contributed by atoms with Crippen molar-refractivity contribution in [3.8, 4) is 0 Å². The van der Waals surface area contributed by atoms with Crippen LogP contribution in [0.3, 0.4) is 0 Å². The summed E-state index contributed by atoms with van der Waals surface area (Å²) >= 11 is 0. The van der Waals surface area contributed by atoms with Gasteiger partial charge in [0.15, 0.2) is 0 Å². The topological polar surface area (TPSA) is 0 Å². The van der Waals surface area contributed by atoms with Crippen LogP contribution in [0.2, 0.25) is 0 Å². The lowest BCUT2D eigenvalue weighted by atomic mass is 9.57. The van der Waals surface area contributed by atoms with E-state index in [9.17, 15) is 0 Å². The van der Waals surface area contributed by atoms with Crippen LogP contribution in [0, 0.1) is 0 Å². The van der Waals surface area contributed by atoms with Crippen molar-refractivity contribution in [2.75, 3.05) is 0 Å². The third-order valence-corrected chi connectivity index (χ3v) is 10.8. The highest BCUT2D eigenvalue weighted by atomic mass is 14.5.